The van der Waals surface area contributed by atoms with E-state index in [9.17, 15) is 4.79 Å². The van der Waals surface area contributed by atoms with Crippen molar-refractivity contribution in [1.29, 1.82) is 0 Å². The van der Waals surface area contributed by atoms with Crippen LogP contribution in [0.1, 0.15) is 10.4 Å². The Morgan fingerprint density at radius 1 is 1.26 bits per heavy atom. The molecular weight excluding hydrogens is 312 g/mol. The Balaban J connectivity index is 2.85. The Hall–Kier alpha value is -1.27. The molecule has 0 heterocycles. The van der Waals surface area contributed by atoms with Gasteiger partial charge in [0.25, 0.3) is 5.91 Å². The van der Waals surface area contributed by atoms with E-state index in [-0.39, 0.29) is 5.91 Å². The predicted molar refractivity (Wildman–Crippen MR) is 78.1 cm³/mol. The van der Waals surface area contributed by atoms with Gasteiger partial charge in [-0.1, -0.05) is 0 Å². The lowest BCUT2D eigenvalue weighted by Crippen LogP contribution is -2.31. The summed E-state index contributed by atoms with van der Waals surface area (Å²) in [7, 11) is 7.01. The third-order valence-corrected chi connectivity index (χ3v) is 3.22. The molecule has 1 aromatic rings. The number of benzene rings is 1. The summed E-state index contributed by atoms with van der Waals surface area (Å²) in [6, 6.07) is 3.38. The lowest BCUT2D eigenvalue weighted by molar-refractivity contribution is 0.0950. The Labute approximate surface area is 122 Å². The topological polar surface area (TPSA) is 50.8 Å². The molecule has 6 heteroatoms. The highest BCUT2D eigenvalue weighted by molar-refractivity contribution is 9.10. The van der Waals surface area contributed by atoms with Crippen LogP contribution in [0.5, 0.6) is 11.5 Å². The highest BCUT2D eigenvalue weighted by Crippen LogP contribution is 2.33. The van der Waals surface area contributed by atoms with Crippen LogP contribution in [0.25, 0.3) is 0 Å². The van der Waals surface area contributed by atoms with E-state index in [2.05, 4.69) is 21.2 Å². The largest absolute Gasteiger partial charge is 0.493 e. The van der Waals surface area contributed by atoms with Gasteiger partial charge in [0.15, 0.2) is 11.5 Å². The summed E-state index contributed by atoms with van der Waals surface area (Å²) in [5.41, 5.74) is 0.524. The smallest absolute Gasteiger partial charge is 0.252 e. The first-order valence-corrected chi connectivity index (χ1v) is 6.63. The van der Waals surface area contributed by atoms with Crippen molar-refractivity contribution in [3.63, 3.8) is 0 Å². The molecule has 1 amide bonds. The third kappa shape index (κ3) is 4.40. The number of rotatable bonds is 6. The molecular formula is C13H19BrN2O3. The van der Waals surface area contributed by atoms with Gasteiger partial charge in [0.05, 0.1) is 19.8 Å². The number of hydrogen-bond acceptors (Lipinski definition) is 4. The molecule has 0 saturated heterocycles. The van der Waals surface area contributed by atoms with Gasteiger partial charge in [-0.3, -0.25) is 4.79 Å². The second-order valence-electron chi connectivity index (χ2n) is 4.25. The molecule has 106 valence electrons. The zero-order chi connectivity index (χ0) is 14.4. The van der Waals surface area contributed by atoms with E-state index >= 15 is 0 Å². The monoisotopic (exact) mass is 330 g/mol. The summed E-state index contributed by atoms with van der Waals surface area (Å²) < 4.78 is 11.0. The highest BCUT2D eigenvalue weighted by Gasteiger charge is 2.15. The molecule has 5 nitrogen and oxygen atoms in total. The van der Waals surface area contributed by atoms with Crippen molar-refractivity contribution in [3.8, 4) is 11.5 Å². The molecule has 0 radical (unpaired) electrons. The van der Waals surface area contributed by atoms with Gasteiger partial charge >= 0.3 is 0 Å². The van der Waals surface area contributed by atoms with Gasteiger partial charge in [-0.25, -0.2) is 0 Å². The Bertz CT molecular complexity index is 450. The summed E-state index contributed by atoms with van der Waals surface area (Å²) in [4.78, 5) is 14.1. The minimum absolute atomic E-state index is 0.144. The molecule has 0 atom stereocenters. The predicted octanol–water partition coefficient (Wildman–Crippen LogP) is 1.76. The normalized spacial score (nSPS) is 10.4. The quantitative estimate of drug-likeness (QED) is 0.863. The van der Waals surface area contributed by atoms with Gasteiger partial charge in [0.2, 0.25) is 0 Å². The average Bonchev–Trinajstić information content (AvgIpc) is 2.37. The van der Waals surface area contributed by atoms with Crippen LogP contribution < -0.4 is 14.8 Å². The van der Waals surface area contributed by atoms with Crippen LogP contribution >= 0.6 is 15.9 Å². The van der Waals surface area contributed by atoms with Crippen LogP contribution in [0.3, 0.4) is 0 Å². The van der Waals surface area contributed by atoms with E-state index < -0.39 is 0 Å². The fourth-order valence-electron chi connectivity index (χ4n) is 1.52. The number of nitrogens with one attached hydrogen (secondary N) is 1. The lowest BCUT2D eigenvalue weighted by atomic mass is 10.2. The number of nitrogens with zero attached hydrogens (tertiary/aromatic N) is 1. The van der Waals surface area contributed by atoms with Crippen molar-refractivity contribution in [2.45, 2.75) is 0 Å². The fraction of sp³-hybridized carbons (Fsp3) is 0.462. The molecule has 0 aliphatic rings. The summed E-state index contributed by atoms with van der Waals surface area (Å²) in [5.74, 6) is 0.970. The Morgan fingerprint density at radius 2 is 1.84 bits per heavy atom. The number of halogens is 1. The van der Waals surface area contributed by atoms with E-state index in [4.69, 9.17) is 9.47 Å². The van der Waals surface area contributed by atoms with Crippen molar-refractivity contribution >= 4 is 21.8 Å². The van der Waals surface area contributed by atoms with Gasteiger partial charge in [0, 0.05) is 17.6 Å². The Kier molecular flexibility index (Phi) is 6.11. The number of carbonyl (C=O) groups excluding carboxylic acids is 1. The second kappa shape index (κ2) is 7.35. The molecule has 0 fully saturated rings. The van der Waals surface area contributed by atoms with E-state index in [1.165, 1.54) is 0 Å². The second-order valence-corrected chi connectivity index (χ2v) is 5.10. The van der Waals surface area contributed by atoms with E-state index in [1.807, 2.05) is 19.0 Å². The van der Waals surface area contributed by atoms with Gasteiger partial charge in [-0.15, -0.1) is 0 Å². The first kappa shape index (κ1) is 15.8. The number of ether oxygens (including phenoxy) is 2. The molecule has 1 aromatic carbocycles. The minimum atomic E-state index is -0.144. The van der Waals surface area contributed by atoms with Crippen LogP contribution in [0.4, 0.5) is 0 Å². The maximum atomic E-state index is 12.1. The molecule has 0 aliphatic carbocycles. The zero-order valence-electron chi connectivity index (χ0n) is 11.6. The first-order valence-electron chi connectivity index (χ1n) is 5.84. The number of amides is 1. The van der Waals surface area contributed by atoms with Crippen LogP contribution in [0.15, 0.2) is 16.6 Å². The molecule has 0 spiro atoms. The van der Waals surface area contributed by atoms with E-state index in [0.29, 0.717) is 28.1 Å². The lowest BCUT2D eigenvalue weighted by Gasteiger charge is -2.13. The van der Waals surface area contributed by atoms with Crippen LogP contribution in [-0.2, 0) is 0 Å². The zero-order valence-corrected chi connectivity index (χ0v) is 13.2. The van der Waals surface area contributed by atoms with Crippen molar-refractivity contribution < 1.29 is 14.3 Å². The first-order chi connectivity index (χ1) is 8.99. The summed E-state index contributed by atoms with van der Waals surface area (Å²) >= 11 is 3.37. The summed E-state index contributed by atoms with van der Waals surface area (Å²) in [6.45, 7) is 1.38. The van der Waals surface area contributed by atoms with Crippen molar-refractivity contribution in [1.82, 2.24) is 10.2 Å². The number of carbonyl (C=O) groups is 1. The van der Waals surface area contributed by atoms with Crippen molar-refractivity contribution in [2.75, 3.05) is 41.4 Å². The molecule has 0 unspecified atom stereocenters. The molecule has 0 aliphatic heterocycles. The number of hydrogen-bond donors (Lipinski definition) is 1. The van der Waals surface area contributed by atoms with Gasteiger partial charge in [-0.05, 0) is 42.2 Å². The molecule has 19 heavy (non-hydrogen) atoms. The molecule has 1 rings (SSSR count). The molecule has 0 saturated carbocycles. The molecule has 0 bridgehead atoms. The van der Waals surface area contributed by atoms with Gasteiger partial charge in [-0.2, -0.15) is 0 Å². The molecule has 1 N–H and O–H groups in total. The van der Waals surface area contributed by atoms with Crippen molar-refractivity contribution in [3.05, 3.63) is 22.2 Å². The van der Waals surface area contributed by atoms with Crippen LogP contribution in [0.2, 0.25) is 0 Å². The fourth-order valence-corrected chi connectivity index (χ4v) is 2.02. The van der Waals surface area contributed by atoms with E-state index in [0.717, 1.165) is 6.54 Å². The maximum absolute atomic E-state index is 12.1. The molecule has 0 aromatic heterocycles. The van der Waals surface area contributed by atoms with Gasteiger partial charge < -0.3 is 19.7 Å². The van der Waals surface area contributed by atoms with Crippen LogP contribution in [0, 0.1) is 0 Å². The number of methoxy groups -OCH3 is 2. The Morgan fingerprint density at radius 3 is 2.37 bits per heavy atom. The third-order valence-electron chi connectivity index (χ3n) is 2.56. The standard InChI is InChI=1S/C13H19BrN2O3/c1-16(2)6-5-15-13(17)9-7-11(18-3)12(19-4)8-10(9)14/h7-8H,5-6H2,1-4H3,(H,15,17). The van der Waals surface area contributed by atoms with Crippen LogP contribution in [-0.4, -0.2) is 52.2 Å². The van der Waals surface area contributed by atoms with E-state index in [1.54, 1.807) is 26.4 Å². The van der Waals surface area contributed by atoms with Gasteiger partial charge in [0.1, 0.15) is 0 Å². The van der Waals surface area contributed by atoms with Crippen molar-refractivity contribution in [2.24, 2.45) is 0 Å². The SMILES string of the molecule is COc1cc(Br)c(C(=O)NCCN(C)C)cc1OC. The maximum Gasteiger partial charge on any atom is 0.252 e. The highest BCUT2D eigenvalue weighted by atomic mass is 79.9. The average molecular weight is 331 g/mol. The number of likely N-dealkylation sites (N-methyl/N-ethyl adjacent to an activating group) is 1. The minimum Gasteiger partial charge on any atom is -0.493 e. The summed E-state index contributed by atoms with van der Waals surface area (Å²) in [6.07, 6.45) is 0. The summed E-state index contributed by atoms with van der Waals surface area (Å²) in [5, 5.41) is 2.85.